The van der Waals surface area contributed by atoms with Crippen LogP contribution in [0.3, 0.4) is 0 Å². The van der Waals surface area contributed by atoms with E-state index in [0.29, 0.717) is 0 Å². The van der Waals surface area contributed by atoms with Gasteiger partial charge in [-0.3, -0.25) is 0 Å². The lowest BCUT2D eigenvalue weighted by molar-refractivity contribution is 0.445. The van der Waals surface area contributed by atoms with Gasteiger partial charge in [0.05, 0.1) is 11.4 Å². The number of hydrogen-bond donors (Lipinski definition) is 0. The molecular weight excluding hydrogens is 654 g/mol. The van der Waals surface area contributed by atoms with Gasteiger partial charge in [-0.1, -0.05) is 92.7 Å². The van der Waals surface area contributed by atoms with Crippen LogP contribution in [0, 0.1) is 0 Å². The quantitative estimate of drug-likeness (QED) is 0.173. The molecule has 0 aliphatic carbocycles. The molecule has 0 fully saturated rings. The average molecular weight is 686 g/mol. The van der Waals surface area contributed by atoms with Crippen molar-refractivity contribution in [1.82, 2.24) is 0 Å². The number of nitrogens with zero attached hydrogens (tertiary/aromatic N) is 2. The van der Waals surface area contributed by atoms with Crippen LogP contribution in [0.15, 0.2) is 152 Å². The lowest BCUT2D eigenvalue weighted by Crippen LogP contribution is -2.57. The molecule has 7 aromatic carbocycles. The van der Waals surface area contributed by atoms with Crippen molar-refractivity contribution in [1.29, 1.82) is 0 Å². The molecule has 4 aliphatic rings. The van der Waals surface area contributed by atoms with Gasteiger partial charge in [0.25, 0.3) is 0 Å². The molecular formula is C45H32B2N2O4. The lowest BCUT2D eigenvalue weighted by Gasteiger charge is -2.34. The average Bonchev–Trinajstić information content (AvgIpc) is 3.44. The molecule has 0 saturated heterocycles. The molecule has 0 spiro atoms. The number of ether oxygens (including phenoxy) is 2. The first-order valence-electron chi connectivity index (χ1n) is 18.2. The monoisotopic (exact) mass is 686 g/mol. The standard InChI is InChI=1S/C45H32B2N2O4/c1-28(2)41-44-31(46-42-35(21-13-25-39(42)50-44)48(29-15-5-3-6-16-29)33-19-9-11-23-37(33)52-46)27-32-45(41)51-40-26-14-22-36-43(40)47(32)53-38-24-12-10-20-34(38)49(36)30-17-7-4-8-18-30/h3-28H,1-2H3. The van der Waals surface area contributed by atoms with Gasteiger partial charge in [-0.15, -0.1) is 0 Å². The molecule has 11 rings (SSSR count). The van der Waals surface area contributed by atoms with E-state index in [9.17, 15) is 0 Å². The minimum atomic E-state index is -0.460. The van der Waals surface area contributed by atoms with Gasteiger partial charge < -0.3 is 28.6 Å². The van der Waals surface area contributed by atoms with E-state index in [1.807, 2.05) is 36.4 Å². The summed E-state index contributed by atoms with van der Waals surface area (Å²) >= 11 is 0. The number of para-hydroxylation sites is 6. The first kappa shape index (κ1) is 30.1. The Hall–Kier alpha value is -6.53. The predicted octanol–water partition coefficient (Wildman–Crippen LogP) is 8.96. The molecule has 4 aliphatic heterocycles. The number of fused-ring (bicyclic) bond motifs is 6. The summed E-state index contributed by atoms with van der Waals surface area (Å²) in [5.74, 6) is 4.74. The minimum Gasteiger partial charge on any atom is -0.550 e. The fourth-order valence-electron chi connectivity index (χ4n) is 8.50. The molecule has 0 atom stereocenters. The SMILES string of the molecule is CC(C)c1c2c(cc3c1Oc1cccc4c1B3Oc1ccccc1N4c1ccccc1)B1Oc3ccccc3N(c3ccccc3)c3cccc(c31)O2. The Morgan fingerprint density at radius 1 is 0.434 bits per heavy atom. The van der Waals surface area contributed by atoms with Crippen molar-refractivity contribution in [2.45, 2.75) is 19.8 Å². The fourth-order valence-corrected chi connectivity index (χ4v) is 8.50. The molecule has 4 heterocycles. The Balaban J connectivity index is 1.16. The van der Waals surface area contributed by atoms with Gasteiger partial charge in [0, 0.05) is 50.2 Å². The zero-order chi connectivity index (χ0) is 35.2. The molecule has 0 radical (unpaired) electrons. The van der Waals surface area contributed by atoms with E-state index < -0.39 is 13.8 Å². The fraction of sp³-hybridized carbons (Fsp3) is 0.0667. The van der Waals surface area contributed by atoms with Crippen LogP contribution in [0.1, 0.15) is 25.3 Å². The van der Waals surface area contributed by atoms with Gasteiger partial charge in [-0.2, -0.15) is 0 Å². The van der Waals surface area contributed by atoms with Crippen molar-refractivity contribution in [2.75, 3.05) is 9.80 Å². The molecule has 0 N–H and O–H groups in total. The largest absolute Gasteiger partial charge is 0.550 e. The maximum absolute atomic E-state index is 7.19. The summed E-state index contributed by atoms with van der Waals surface area (Å²) in [7, 11) is 0. The Labute approximate surface area is 309 Å². The van der Waals surface area contributed by atoms with Crippen molar-refractivity contribution in [3.63, 3.8) is 0 Å². The Morgan fingerprint density at radius 2 is 0.830 bits per heavy atom. The van der Waals surface area contributed by atoms with E-state index in [2.05, 4.69) is 139 Å². The lowest BCUT2D eigenvalue weighted by atomic mass is 9.48. The van der Waals surface area contributed by atoms with Crippen LogP contribution < -0.4 is 50.4 Å². The Bertz CT molecular complexity index is 2420. The van der Waals surface area contributed by atoms with E-state index in [0.717, 1.165) is 96.0 Å². The normalized spacial score (nSPS) is 14.1. The van der Waals surface area contributed by atoms with Crippen molar-refractivity contribution in [2.24, 2.45) is 0 Å². The highest BCUT2D eigenvalue weighted by Crippen LogP contribution is 2.49. The van der Waals surface area contributed by atoms with Crippen LogP contribution in [0.25, 0.3) is 0 Å². The van der Waals surface area contributed by atoms with Gasteiger partial charge in [0.15, 0.2) is 0 Å². The summed E-state index contributed by atoms with van der Waals surface area (Å²) in [6.45, 7) is 3.47. The number of hydrogen-bond acceptors (Lipinski definition) is 6. The summed E-state index contributed by atoms with van der Waals surface area (Å²) < 4.78 is 28.5. The van der Waals surface area contributed by atoms with E-state index >= 15 is 0 Å². The van der Waals surface area contributed by atoms with Crippen molar-refractivity contribution in [3.8, 4) is 34.5 Å². The van der Waals surface area contributed by atoms with Gasteiger partial charge in [0.1, 0.15) is 34.5 Å². The highest BCUT2D eigenvalue weighted by molar-refractivity contribution is 6.87. The summed E-state index contributed by atoms with van der Waals surface area (Å²) in [5, 5.41) is 0. The second-order valence-corrected chi connectivity index (χ2v) is 14.1. The van der Waals surface area contributed by atoms with Crippen LogP contribution in [0.5, 0.6) is 34.5 Å². The Morgan fingerprint density at radius 3 is 1.28 bits per heavy atom. The summed E-state index contributed by atoms with van der Waals surface area (Å²) in [4.78, 5) is 4.55. The highest BCUT2D eigenvalue weighted by Gasteiger charge is 2.48. The van der Waals surface area contributed by atoms with E-state index in [1.165, 1.54) is 0 Å². The van der Waals surface area contributed by atoms with Crippen molar-refractivity contribution >= 4 is 69.8 Å². The number of rotatable bonds is 3. The molecule has 0 aromatic heterocycles. The molecule has 53 heavy (non-hydrogen) atoms. The highest BCUT2D eigenvalue weighted by atomic mass is 16.5. The van der Waals surface area contributed by atoms with Crippen LogP contribution in [0.2, 0.25) is 0 Å². The molecule has 0 bridgehead atoms. The third-order valence-corrected chi connectivity index (χ3v) is 10.7. The van der Waals surface area contributed by atoms with E-state index in [1.54, 1.807) is 0 Å². The van der Waals surface area contributed by atoms with Crippen LogP contribution in [-0.4, -0.2) is 13.8 Å². The third-order valence-electron chi connectivity index (χ3n) is 10.7. The maximum atomic E-state index is 7.19. The summed E-state index contributed by atoms with van der Waals surface area (Å²) in [6.07, 6.45) is 0. The second kappa shape index (κ2) is 11.5. The molecule has 0 amide bonds. The number of anilines is 6. The van der Waals surface area contributed by atoms with Crippen LogP contribution in [0.4, 0.5) is 34.1 Å². The van der Waals surface area contributed by atoms with Crippen molar-refractivity contribution < 1.29 is 18.8 Å². The second-order valence-electron chi connectivity index (χ2n) is 14.1. The van der Waals surface area contributed by atoms with Gasteiger partial charge in [-0.25, -0.2) is 0 Å². The minimum absolute atomic E-state index is 0.0610. The maximum Gasteiger partial charge on any atom is 0.436 e. The third kappa shape index (κ3) is 4.42. The van der Waals surface area contributed by atoms with E-state index in [4.69, 9.17) is 18.8 Å². The summed E-state index contributed by atoms with van der Waals surface area (Å²) in [5.41, 5.74) is 10.9. The van der Waals surface area contributed by atoms with Crippen molar-refractivity contribution in [3.05, 3.63) is 157 Å². The molecule has 6 nitrogen and oxygen atoms in total. The Kier molecular flexibility index (Phi) is 6.53. The van der Waals surface area contributed by atoms with Gasteiger partial charge >= 0.3 is 13.8 Å². The zero-order valence-electron chi connectivity index (χ0n) is 29.2. The van der Waals surface area contributed by atoms with Crippen LogP contribution >= 0.6 is 0 Å². The molecule has 7 aromatic rings. The first-order chi connectivity index (χ1) is 26.1. The van der Waals surface area contributed by atoms with Gasteiger partial charge in [0.2, 0.25) is 0 Å². The smallest absolute Gasteiger partial charge is 0.436 e. The molecule has 252 valence electrons. The summed E-state index contributed by atoms with van der Waals surface area (Å²) in [6, 6.07) is 52.2. The predicted molar refractivity (Wildman–Crippen MR) is 214 cm³/mol. The van der Waals surface area contributed by atoms with E-state index in [-0.39, 0.29) is 5.92 Å². The first-order valence-corrected chi connectivity index (χ1v) is 18.2. The topological polar surface area (TPSA) is 43.4 Å². The molecule has 0 saturated carbocycles. The zero-order valence-corrected chi connectivity index (χ0v) is 29.2. The van der Waals surface area contributed by atoms with Gasteiger partial charge in [-0.05, 0) is 78.7 Å². The molecule has 0 unspecified atom stereocenters. The van der Waals surface area contributed by atoms with Crippen LogP contribution in [-0.2, 0) is 0 Å². The number of benzene rings is 7. The molecule has 8 heteroatoms.